The molecule has 0 aliphatic rings. The maximum Gasteiger partial charge on any atom is 0.306 e. The topological polar surface area (TPSA) is 78.9 Å². The summed E-state index contributed by atoms with van der Waals surface area (Å²) >= 11 is 0. The van der Waals surface area contributed by atoms with Crippen LogP contribution in [0.1, 0.15) is 329 Å². The highest BCUT2D eigenvalue weighted by Gasteiger charge is 2.19. The van der Waals surface area contributed by atoms with Crippen molar-refractivity contribution in [3.8, 4) is 0 Å². The molecule has 1 unspecified atom stereocenters. The predicted molar refractivity (Wildman–Crippen MR) is 325 cm³/mol. The van der Waals surface area contributed by atoms with E-state index in [0.29, 0.717) is 19.3 Å². The summed E-state index contributed by atoms with van der Waals surface area (Å²) < 4.78 is 16.7. The molecule has 0 aromatic rings. The molecule has 0 fully saturated rings. The summed E-state index contributed by atoms with van der Waals surface area (Å²) in [4.78, 5) is 37.9. The fourth-order valence-corrected chi connectivity index (χ4v) is 9.39. The molecular formula is C69H122O6. The maximum atomic E-state index is 12.8. The zero-order valence-corrected chi connectivity index (χ0v) is 49.8. The number of ether oxygens (including phenoxy) is 3. The highest BCUT2D eigenvalue weighted by atomic mass is 16.6. The Morgan fingerprint density at radius 1 is 0.280 bits per heavy atom. The van der Waals surface area contributed by atoms with Crippen molar-refractivity contribution < 1.29 is 28.6 Å². The number of hydrogen-bond acceptors (Lipinski definition) is 6. The van der Waals surface area contributed by atoms with Gasteiger partial charge in [0.1, 0.15) is 13.2 Å². The van der Waals surface area contributed by atoms with E-state index in [9.17, 15) is 14.4 Å². The van der Waals surface area contributed by atoms with Crippen LogP contribution in [0.25, 0.3) is 0 Å². The van der Waals surface area contributed by atoms with Gasteiger partial charge in [-0.15, -0.1) is 0 Å². The van der Waals surface area contributed by atoms with Crippen molar-refractivity contribution in [3.63, 3.8) is 0 Å². The van der Waals surface area contributed by atoms with Crippen molar-refractivity contribution in [1.29, 1.82) is 0 Å². The van der Waals surface area contributed by atoms with E-state index >= 15 is 0 Å². The Labute approximate surface area is 465 Å². The van der Waals surface area contributed by atoms with Gasteiger partial charge in [0, 0.05) is 19.3 Å². The maximum absolute atomic E-state index is 12.8. The molecule has 0 rings (SSSR count). The molecular weight excluding hydrogens is 925 g/mol. The molecule has 434 valence electrons. The van der Waals surface area contributed by atoms with Crippen LogP contribution in [0.2, 0.25) is 0 Å². The number of rotatable bonds is 59. The van der Waals surface area contributed by atoms with Crippen LogP contribution < -0.4 is 0 Å². The molecule has 0 saturated heterocycles. The second kappa shape index (κ2) is 63.4. The van der Waals surface area contributed by atoms with Crippen molar-refractivity contribution in [2.24, 2.45) is 0 Å². The van der Waals surface area contributed by atoms with Crippen LogP contribution in [0.5, 0.6) is 0 Å². The molecule has 0 amide bonds. The number of carbonyl (C=O) groups excluding carboxylic acids is 3. The van der Waals surface area contributed by atoms with Crippen molar-refractivity contribution >= 4 is 17.9 Å². The molecule has 0 aromatic carbocycles. The molecule has 0 aliphatic heterocycles. The number of hydrogen-bond donors (Lipinski definition) is 0. The Bertz CT molecular complexity index is 1390. The van der Waals surface area contributed by atoms with Crippen LogP contribution in [0.15, 0.2) is 72.9 Å². The summed E-state index contributed by atoms with van der Waals surface area (Å²) in [5, 5.41) is 0. The monoisotopic (exact) mass is 1050 g/mol. The SMILES string of the molecule is CC/C=C\C/C=C\C/C=C\C/C=C\C/C=C\C/C=C\CCCCC(=O)OC(COC(=O)CCCCCCC)COC(=O)CCCCCCCCCCCCCCCCCCCCCCCCCCCCCCCCC. The summed E-state index contributed by atoms with van der Waals surface area (Å²) in [6.45, 7) is 6.44. The first-order chi connectivity index (χ1) is 37.0. The van der Waals surface area contributed by atoms with Crippen LogP contribution in [0, 0.1) is 0 Å². The number of carbonyl (C=O) groups is 3. The zero-order chi connectivity index (χ0) is 54.3. The van der Waals surface area contributed by atoms with E-state index < -0.39 is 6.10 Å². The van der Waals surface area contributed by atoms with Gasteiger partial charge in [-0.25, -0.2) is 0 Å². The van der Waals surface area contributed by atoms with Gasteiger partial charge in [0.25, 0.3) is 0 Å². The summed E-state index contributed by atoms with van der Waals surface area (Å²) in [5.41, 5.74) is 0. The van der Waals surface area contributed by atoms with Crippen LogP contribution in [-0.4, -0.2) is 37.2 Å². The molecule has 0 aliphatic carbocycles. The smallest absolute Gasteiger partial charge is 0.306 e. The Kier molecular flexibility index (Phi) is 60.7. The average Bonchev–Trinajstić information content (AvgIpc) is 3.41. The normalized spacial score (nSPS) is 12.5. The Morgan fingerprint density at radius 3 is 0.813 bits per heavy atom. The van der Waals surface area contributed by atoms with E-state index in [1.165, 1.54) is 186 Å². The molecule has 0 N–H and O–H groups in total. The summed E-state index contributed by atoms with van der Waals surface area (Å²) in [6.07, 6.45) is 82.7. The van der Waals surface area contributed by atoms with E-state index in [-0.39, 0.29) is 37.5 Å². The zero-order valence-electron chi connectivity index (χ0n) is 49.8. The lowest BCUT2D eigenvalue weighted by atomic mass is 10.0. The third kappa shape index (κ3) is 61.6. The molecule has 0 spiro atoms. The Morgan fingerprint density at radius 2 is 0.520 bits per heavy atom. The molecule has 0 radical (unpaired) electrons. The van der Waals surface area contributed by atoms with E-state index in [1.54, 1.807) is 0 Å². The summed E-state index contributed by atoms with van der Waals surface area (Å²) in [7, 11) is 0. The fraction of sp³-hybridized carbons (Fsp3) is 0.783. The molecule has 0 aromatic heterocycles. The van der Waals surface area contributed by atoms with Crippen LogP contribution in [0.3, 0.4) is 0 Å². The van der Waals surface area contributed by atoms with Gasteiger partial charge < -0.3 is 14.2 Å². The minimum atomic E-state index is -0.794. The largest absolute Gasteiger partial charge is 0.462 e. The third-order valence-corrected chi connectivity index (χ3v) is 14.2. The lowest BCUT2D eigenvalue weighted by Crippen LogP contribution is -2.30. The first-order valence-corrected chi connectivity index (χ1v) is 32.4. The predicted octanol–water partition coefficient (Wildman–Crippen LogP) is 22.1. The lowest BCUT2D eigenvalue weighted by molar-refractivity contribution is -0.167. The molecule has 75 heavy (non-hydrogen) atoms. The second-order valence-corrected chi connectivity index (χ2v) is 21.7. The lowest BCUT2D eigenvalue weighted by Gasteiger charge is -2.18. The van der Waals surface area contributed by atoms with E-state index in [2.05, 4.69) is 93.7 Å². The Hall–Kier alpha value is -3.15. The van der Waals surface area contributed by atoms with Gasteiger partial charge in [-0.2, -0.15) is 0 Å². The number of esters is 3. The third-order valence-electron chi connectivity index (χ3n) is 14.2. The first-order valence-electron chi connectivity index (χ1n) is 32.4. The highest BCUT2D eigenvalue weighted by molar-refractivity contribution is 5.71. The van der Waals surface area contributed by atoms with Crippen LogP contribution >= 0.6 is 0 Å². The van der Waals surface area contributed by atoms with Gasteiger partial charge in [0.15, 0.2) is 6.10 Å². The quantitative estimate of drug-likeness (QED) is 0.0261. The van der Waals surface area contributed by atoms with Gasteiger partial charge >= 0.3 is 17.9 Å². The van der Waals surface area contributed by atoms with Crippen molar-refractivity contribution in [2.75, 3.05) is 13.2 Å². The standard InChI is InChI=1S/C69H122O6/c1-4-7-10-13-15-17-19-21-23-25-27-29-30-31-32-33-34-35-36-37-38-40-41-43-45-47-49-51-53-56-59-62-68(71)74-65-66(64-73-67(70)61-58-55-12-9-6-3)75-69(72)63-60-57-54-52-50-48-46-44-42-39-28-26-24-22-20-18-16-14-11-8-5-2/h8,11,16,18,22,24,28,39,44,46,50,52,66H,4-7,9-10,12-15,17,19-21,23,25-27,29-38,40-43,45,47-49,51,53-65H2,1-3H3/b11-8-,18-16-,24-22-,39-28-,46-44-,52-50-. The minimum absolute atomic E-state index is 0.0908. The Balaban J connectivity index is 4.00. The van der Waals surface area contributed by atoms with Gasteiger partial charge in [-0.1, -0.05) is 312 Å². The number of unbranched alkanes of at least 4 members (excludes halogenated alkanes) is 36. The molecule has 6 nitrogen and oxygen atoms in total. The number of allylic oxidation sites excluding steroid dienone is 12. The van der Waals surface area contributed by atoms with Crippen molar-refractivity contribution in [1.82, 2.24) is 0 Å². The highest BCUT2D eigenvalue weighted by Crippen LogP contribution is 2.18. The summed E-state index contributed by atoms with van der Waals surface area (Å²) in [6, 6.07) is 0. The molecule has 0 bridgehead atoms. The van der Waals surface area contributed by atoms with Crippen LogP contribution in [-0.2, 0) is 28.6 Å². The van der Waals surface area contributed by atoms with Crippen molar-refractivity contribution in [2.45, 2.75) is 335 Å². The summed E-state index contributed by atoms with van der Waals surface area (Å²) in [5.74, 6) is -0.938. The fourth-order valence-electron chi connectivity index (χ4n) is 9.39. The molecule has 1 atom stereocenters. The second-order valence-electron chi connectivity index (χ2n) is 21.7. The minimum Gasteiger partial charge on any atom is -0.462 e. The van der Waals surface area contributed by atoms with E-state index in [1.807, 2.05) is 0 Å². The molecule has 0 saturated carbocycles. The van der Waals surface area contributed by atoms with Gasteiger partial charge in [0.2, 0.25) is 0 Å². The van der Waals surface area contributed by atoms with Gasteiger partial charge in [0.05, 0.1) is 0 Å². The molecule has 0 heterocycles. The average molecular weight is 1050 g/mol. The first kappa shape index (κ1) is 71.8. The van der Waals surface area contributed by atoms with Gasteiger partial charge in [-0.3, -0.25) is 14.4 Å². The van der Waals surface area contributed by atoms with E-state index in [0.717, 1.165) is 96.3 Å². The molecule has 6 heteroatoms. The van der Waals surface area contributed by atoms with Gasteiger partial charge in [-0.05, 0) is 70.6 Å². The van der Waals surface area contributed by atoms with Crippen molar-refractivity contribution in [3.05, 3.63) is 72.9 Å². The van der Waals surface area contributed by atoms with E-state index in [4.69, 9.17) is 14.2 Å². The van der Waals surface area contributed by atoms with Crippen LogP contribution in [0.4, 0.5) is 0 Å².